The number of rotatable bonds is 2. The molecule has 0 spiro atoms. The van der Waals surface area contributed by atoms with E-state index in [9.17, 15) is 5.26 Å². The monoisotopic (exact) mass is 320 g/mol. The van der Waals surface area contributed by atoms with E-state index in [1.165, 1.54) is 11.8 Å². The normalized spacial score (nSPS) is 10.1. The Morgan fingerprint density at radius 2 is 1.94 bits per heavy atom. The van der Waals surface area contributed by atoms with Gasteiger partial charge in [0.25, 0.3) is 0 Å². The molecule has 2 heterocycles. The average Bonchev–Trinajstić information content (AvgIpc) is 2.38. The molecular formula is C12H9BrN4S. The van der Waals surface area contributed by atoms with Gasteiger partial charge in [-0.3, -0.25) is 0 Å². The zero-order valence-electron chi connectivity index (χ0n) is 9.81. The van der Waals surface area contributed by atoms with Crippen molar-refractivity contribution in [3.8, 4) is 6.07 Å². The Kier molecular flexibility index (Phi) is 3.94. The van der Waals surface area contributed by atoms with Gasteiger partial charge in [-0.25, -0.2) is 15.0 Å². The first-order valence-corrected chi connectivity index (χ1v) is 6.76. The highest BCUT2D eigenvalue weighted by atomic mass is 79.9. The van der Waals surface area contributed by atoms with E-state index in [0.29, 0.717) is 15.7 Å². The van der Waals surface area contributed by atoms with E-state index < -0.39 is 0 Å². The molecule has 0 aliphatic carbocycles. The van der Waals surface area contributed by atoms with E-state index in [1.807, 2.05) is 13.8 Å². The molecule has 18 heavy (non-hydrogen) atoms. The number of pyridine rings is 1. The van der Waals surface area contributed by atoms with Crippen LogP contribution in [0.25, 0.3) is 0 Å². The van der Waals surface area contributed by atoms with Crippen molar-refractivity contribution in [2.75, 3.05) is 0 Å². The van der Waals surface area contributed by atoms with Gasteiger partial charge in [-0.15, -0.1) is 0 Å². The van der Waals surface area contributed by atoms with Crippen molar-refractivity contribution in [3.05, 3.63) is 39.8 Å². The van der Waals surface area contributed by atoms with Crippen molar-refractivity contribution in [3.63, 3.8) is 0 Å². The van der Waals surface area contributed by atoms with Crippen LogP contribution < -0.4 is 0 Å². The lowest BCUT2D eigenvalue weighted by Gasteiger charge is -2.08. The summed E-state index contributed by atoms with van der Waals surface area (Å²) in [5.74, 6) is 0. The molecule has 0 fully saturated rings. The van der Waals surface area contributed by atoms with E-state index in [4.69, 9.17) is 0 Å². The van der Waals surface area contributed by atoms with E-state index in [1.54, 1.807) is 18.5 Å². The molecule has 0 saturated heterocycles. The van der Waals surface area contributed by atoms with Gasteiger partial charge in [0.05, 0.1) is 11.3 Å². The minimum Gasteiger partial charge on any atom is -0.244 e. The van der Waals surface area contributed by atoms with E-state index >= 15 is 0 Å². The van der Waals surface area contributed by atoms with Crippen LogP contribution in [0, 0.1) is 25.2 Å². The molecule has 0 N–H and O–H groups in total. The van der Waals surface area contributed by atoms with Crippen LogP contribution in [0.4, 0.5) is 0 Å². The average molecular weight is 321 g/mol. The third kappa shape index (κ3) is 2.52. The summed E-state index contributed by atoms with van der Waals surface area (Å²) in [6, 6.07) is 3.93. The molecule has 0 saturated carbocycles. The fourth-order valence-electron chi connectivity index (χ4n) is 1.43. The molecule has 6 heteroatoms. The highest BCUT2D eigenvalue weighted by Crippen LogP contribution is 2.32. The molecule has 0 aromatic carbocycles. The van der Waals surface area contributed by atoms with Gasteiger partial charge in [0.15, 0.2) is 5.16 Å². The minimum atomic E-state index is 0.560. The van der Waals surface area contributed by atoms with E-state index in [-0.39, 0.29) is 0 Å². The summed E-state index contributed by atoms with van der Waals surface area (Å²) in [6.07, 6.45) is 3.33. The number of hydrogen-bond acceptors (Lipinski definition) is 5. The van der Waals surface area contributed by atoms with Crippen LogP contribution in [0.3, 0.4) is 0 Å². The van der Waals surface area contributed by atoms with Gasteiger partial charge in [0, 0.05) is 16.9 Å². The zero-order valence-corrected chi connectivity index (χ0v) is 12.2. The van der Waals surface area contributed by atoms with Gasteiger partial charge in [-0.2, -0.15) is 5.26 Å². The topological polar surface area (TPSA) is 62.5 Å². The fraction of sp³-hybridized carbons (Fsp3) is 0.167. The summed E-state index contributed by atoms with van der Waals surface area (Å²) < 4.78 is 0.873. The van der Waals surface area contributed by atoms with E-state index in [0.717, 1.165) is 15.7 Å². The van der Waals surface area contributed by atoms with E-state index in [2.05, 4.69) is 37.0 Å². The minimum absolute atomic E-state index is 0.560. The second kappa shape index (κ2) is 5.46. The van der Waals surface area contributed by atoms with Crippen LogP contribution in [0.5, 0.6) is 0 Å². The number of nitriles is 1. The molecular weight excluding hydrogens is 312 g/mol. The fourth-order valence-corrected chi connectivity index (χ4v) is 2.60. The van der Waals surface area contributed by atoms with Crippen molar-refractivity contribution >= 4 is 27.7 Å². The smallest absolute Gasteiger partial charge is 0.193 e. The summed E-state index contributed by atoms with van der Waals surface area (Å²) in [6.45, 7) is 3.79. The summed E-state index contributed by atoms with van der Waals surface area (Å²) in [5.41, 5.74) is 2.30. The predicted octanol–water partition coefficient (Wildman–Crippen LogP) is 3.27. The first-order chi connectivity index (χ1) is 8.63. The molecule has 0 bridgehead atoms. The van der Waals surface area contributed by atoms with Crippen LogP contribution in [-0.4, -0.2) is 15.0 Å². The van der Waals surface area contributed by atoms with Gasteiger partial charge in [0.2, 0.25) is 0 Å². The molecule has 0 atom stereocenters. The van der Waals surface area contributed by atoms with Gasteiger partial charge in [-0.1, -0.05) is 0 Å². The Bertz CT molecular complexity index is 622. The lowest BCUT2D eigenvalue weighted by Crippen LogP contribution is -1.97. The largest absolute Gasteiger partial charge is 0.244 e. The quantitative estimate of drug-likeness (QED) is 0.794. The van der Waals surface area contributed by atoms with Crippen molar-refractivity contribution in [2.24, 2.45) is 0 Å². The van der Waals surface area contributed by atoms with Gasteiger partial charge < -0.3 is 0 Å². The number of hydrogen-bond donors (Lipinski definition) is 0. The maximum atomic E-state index is 9.23. The molecule has 0 amide bonds. The second-order valence-corrected chi connectivity index (χ2v) is 5.31. The van der Waals surface area contributed by atoms with Crippen molar-refractivity contribution in [2.45, 2.75) is 24.0 Å². The van der Waals surface area contributed by atoms with Crippen molar-refractivity contribution in [1.82, 2.24) is 15.0 Å². The number of halogens is 1. The Hall–Kier alpha value is -1.45. The van der Waals surface area contributed by atoms with Crippen molar-refractivity contribution in [1.29, 1.82) is 5.26 Å². The summed E-state index contributed by atoms with van der Waals surface area (Å²) in [7, 11) is 0. The third-order valence-corrected chi connectivity index (χ3v) is 4.40. The first-order valence-electron chi connectivity index (χ1n) is 5.15. The molecule has 90 valence electrons. The van der Waals surface area contributed by atoms with Crippen LogP contribution >= 0.6 is 27.7 Å². The lowest BCUT2D eigenvalue weighted by molar-refractivity contribution is 0.949. The summed E-state index contributed by atoms with van der Waals surface area (Å²) in [4.78, 5) is 12.7. The maximum Gasteiger partial charge on any atom is 0.193 e. The molecule has 0 aliphatic rings. The molecule has 2 aromatic heterocycles. The van der Waals surface area contributed by atoms with Crippen LogP contribution in [0.15, 0.2) is 33.1 Å². The van der Waals surface area contributed by atoms with Gasteiger partial charge in [-0.05, 0) is 53.2 Å². The Morgan fingerprint density at radius 1 is 1.28 bits per heavy atom. The SMILES string of the molecule is Cc1nc(Sc2ncccn2)c(C#N)c(C)c1Br. The molecule has 2 aromatic rings. The Morgan fingerprint density at radius 3 is 2.56 bits per heavy atom. The maximum absolute atomic E-state index is 9.23. The van der Waals surface area contributed by atoms with Crippen LogP contribution in [0.2, 0.25) is 0 Å². The molecule has 0 radical (unpaired) electrons. The predicted molar refractivity (Wildman–Crippen MR) is 72.3 cm³/mol. The standard InChI is InChI=1S/C12H9BrN4S/c1-7-9(6-14)11(17-8(2)10(7)13)18-12-15-4-3-5-16-12/h3-5H,1-2H3. The summed E-state index contributed by atoms with van der Waals surface area (Å²) in [5, 5.41) is 10.5. The summed E-state index contributed by atoms with van der Waals surface area (Å²) >= 11 is 4.74. The number of nitrogens with zero attached hydrogens (tertiary/aromatic N) is 4. The van der Waals surface area contributed by atoms with Crippen LogP contribution in [-0.2, 0) is 0 Å². The molecule has 0 aliphatic heterocycles. The number of aryl methyl sites for hydroxylation is 1. The Balaban J connectivity index is 2.49. The second-order valence-electron chi connectivity index (χ2n) is 3.56. The lowest BCUT2D eigenvalue weighted by atomic mass is 10.1. The Labute approximate surface area is 118 Å². The van der Waals surface area contributed by atoms with Crippen molar-refractivity contribution < 1.29 is 0 Å². The first kappa shape index (κ1) is 13.0. The van der Waals surface area contributed by atoms with Gasteiger partial charge in [0.1, 0.15) is 11.1 Å². The third-order valence-electron chi connectivity index (χ3n) is 2.35. The van der Waals surface area contributed by atoms with Gasteiger partial charge >= 0.3 is 0 Å². The number of aromatic nitrogens is 3. The molecule has 4 nitrogen and oxygen atoms in total. The molecule has 0 unspecified atom stereocenters. The van der Waals surface area contributed by atoms with Crippen LogP contribution in [0.1, 0.15) is 16.8 Å². The zero-order chi connectivity index (χ0) is 13.1. The molecule has 2 rings (SSSR count). The highest BCUT2D eigenvalue weighted by molar-refractivity contribution is 9.10. The highest BCUT2D eigenvalue weighted by Gasteiger charge is 2.15.